The molecule has 8 heteroatoms. The van der Waals surface area contributed by atoms with E-state index in [9.17, 15) is 4.79 Å². The van der Waals surface area contributed by atoms with Crippen molar-refractivity contribution < 1.29 is 33.9 Å². The summed E-state index contributed by atoms with van der Waals surface area (Å²) in [6.07, 6.45) is 19.3. The van der Waals surface area contributed by atoms with E-state index in [1.54, 1.807) is 6.92 Å². The standard InChI is InChI=1S/C20H38O3.H3O4P/c1-3-4-5-6-7-8-9-10-11-12-13-14-15-16-17-23-20(22)19(2)18-21;1-5(2,3)4/h18,21H,3-17H2,1-2H3;(H3,1,2,3,4). The van der Waals surface area contributed by atoms with Gasteiger partial charge in [0.15, 0.2) is 0 Å². The average molecular weight is 425 g/mol. The molecule has 0 unspecified atom stereocenters. The Kier molecular flexibility index (Phi) is 21.8. The molecule has 0 aliphatic rings. The molecule has 0 aromatic heterocycles. The van der Waals surface area contributed by atoms with E-state index in [4.69, 9.17) is 29.1 Å². The third-order valence-electron chi connectivity index (χ3n) is 4.25. The molecule has 0 aromatic carbocycles. The summed E-state index contributed by atoms with van der Waals surface area (Å²) in [6, 6.07) is 0. The van der Waals surface area contributed by atoms with Gasteiger partial charge in [0.2, 0.25) is 0 Å². The van der Waals surface area contributed by atoms with Crippen LogP contribution in [0.3, 0.4) is 0 Å². The first kappa shape index (κ1) is 29.3. The van der Waals surface area contributed by atoms with Crippen molar-refractivity contribution in [1.29, 1.82) is 0 Å². The number of rotatable bonds is 16. The van der Waals surface area contributed by atoms with Crippen LogP contribution in [-0.2, 0) is 14.1 Å². The first-order chi connectivity index (χ1) is 13.2. The maximum absolute atomic E-state index is 11.3. The van der Waals surface area contributed by atoms with Crippen LogP contribution < -0.4 is 0 Å². The molecule has 0 saturated carbocycles. The van der Waals surface area contributed by atoms with E-state index in [0.717, 1.165) is 19.1 Å². The van der Waals surface area contributed by atoms with Crippen molar-refractivity contribution in [3.63, 3.8) is 0 Å². The van der Waals surface area contributed by atoms with Gasteiger partial charge < -0.3 is 24.5 Å². The lowest BCUT2D eigenvalue weighted by Gasteiger charge is -2.05. The van der Waals surface area contributed by atoms with Crippen molar-refractivity contribution in [3.05, 3.63) is 11.8 Å². The van der Waals surface area contributed by atoms with E-state index in [1.807, 2.05) is 0 Å². The third kappa shape index (κ3) is 29.9. The summed E-state index contributed by atoms with van der Waals surface area (Å²) in [7, 11) is -4.64. The monoisotopic (exact) mass is 424 g/mol. The van der Waals surface area contributed by atoms with Crippen molar-refractivity contribution in [2.75, 3.05) is 6.61 Å². The molecule has 0 aromatic rings. The highest BCUT2D eigenvalue weighted by Gasteiger charge is 2.04. The number of ether oxygens (including phenoxy) is 1. The minimum absolute atomic E-state index is 0.260. The normalized spacial score (nSPS) is 11.7. The molecule has 0 rings (SSSR count). The maximum atomic E-state index is 11.3. The molecule has 0 spiro atoms. The van der Waals surface area contributed by atoms with Crippen molar-refractivity contribution in [1.82, 2.24) is 0 Å². The number of carbonyl (C=O) groups is 1. The number of hydrogen-bond donors (Lipinski definition) is 4. The molecule has 0 bridgehead atoms. The summed E-state index contributed by atoms with van der Waals surface area (Å²) in [5.41, 5.74) is 0.260. The number of phosphoric acid groups is 1. The molecule has 0 aliphatic carbocycles. The fourth-order valence-electron chi connectivity index (χ4n) is 2.63. The number of unbranched alkanes of at least 4 members (excludes halogenated alkanes) is 13. The Labute approximate surface area is 170 Å². The van der Waals surface area contributed by atoms with E-state index in [1.165, 1.54) is 77.0 Å². The van der Waals surface area contributed by atoms with Crippen molar-refractivity contribution in [3.8, 4) is 0 Å². The lowest BCUT2D eigenvalue weighted by molar-refractivity contribution is -0.139. The second-order valence-electron chi connectivity index (χ2n) is 7.06. The molecule has 0 amide bonds. The van der Waals surface area contributed by atoms with E-state index in [-0.39, 0.29) is 5.57 Å². The molecule has 28 heavy (non-hydrogen) atoms. The van der Waals surface area contributed by atoms with Crippen LogP contribution in [0.15, 0.2) is 11.8 Å². The molecule has 168 valence electrons. The quantitative estimate of drug-likeness (QED) is 0.0842. The molecule has 4 N–H and O–H groups in total. The van der Waals surface area contributed by atoms with Crippen LogP contribution in [-0.4, -0.2) is 32.4 Å². The molecule has 0 fully saturated rings. The highest BCUT2D eigenvalue weighted by Crippen LogP contribution is 2.25. The number of hydrogen-bond acceptors (Lipinski definition) is 4. The van der Waals surface area contributed by atoms with E-state index in [0.29, 0.717) is 6.61 Å². The first-order valence-corrected chi connectivity index (χ1v) is 12.0. The van der Waals surface area contributed by atoms with Crippen LogP contribution >= 0.6 is 7.82 Å². The molecule has 7 nitrogen and oxygen atoms in total. The lowest BCUT2D eigenvalue weighted by Crippen LogP contribution is -2.07. The second-order valence-corrected chi connectivity index (χ2v) is 8.08. The predicted octanol–water partition coefficient (Wildman–Crippen LogP) is 5.54. The van der Waals surface area contributed by atoms with Crippen molar-refractivity contribution in [2.24, 2.45) is 0 Å². The minimum atomic E-state index is -4.64. The Balaban J connectivity index is 0. The number of carbonyl (C=O) groups excluding carboxylic acids is 1. The topological polar surface area (TPSA) is 124 Å². The average Bonchev–Trinajstić information content (AvgIpc) is 2.62. The molecule has 0 atom stereocenters. The minimum Gasteiger partial charge on any atom is -0.515 e. The number of esters is 1. The van der Waals surface area contributed by atoms with Crippen molar-refractivity contribution >= 4 is 13.8 Å². The van der Waals surface area contributed by atoms with Crippen LogP contribution in [0.5, 0.6) is 0 Å². The Bertz CT molecular complexity index is 424. The summed E-state index contributed by atoms with van der Waals surface area (Å²) in [5, 5.41) is 8.67. The summed E-state index contributed by atoms with van der Waals surface area (Å²) in [5.74, 6) is -0.415. The Morgan fingerprint density at radius 2 is 1.11 bits per heavy atom. The third-order valence-corrected chi connectivity index (χ3v) is 4.25. The van der Waals surface area contributed by atoms with Gasteiger partial charge in [-0.15, -0.1) is 0 Å². The van der Waals surface area contributed by atoms with Crippen LogP contribution in [0.25, 0.3) is 0 Å². The Morgan fingerprint density at radius 3 is 1.43 bits per heavy atom. The summed E-state index contributed by atoms with van der Waals surface area (Å²) in [6.45, 7) is 4.28. The van der Waals surface area contributed by atoms with Gasteiger partial charge >= 0.3 is 13.8 Å². The number of aliphatic hydroxyl groups excluding tert-OH is 1. The van der Waals surface area contributed by atoms with Crippen LogP contribution in [0, 0.1) is 0 Å². The zero-order valence-electron chi connectivity index (χ0n) is 17.6. The summed E-state index contributed by atoms with van der Waals surface area (Å²) >= 11 is 0. The second kappa shape index (κ2) is 20.8. The van der Waals surface area contributed by atoms with Gasteiger partial charge in [0.25, 0.3) is 0 Å². The summed E-state index contributed by atoms with van der Waals surface area (Å²) in [4.78, 5) is 32.8. The van der Waals surface area contributed by atoms with Gasteiger partial charge in [0, 0.05) is 0 Å². The smallest absolute Gasteiger partial charge is 0.466 e. The molecular formula is C20H41O7P. The number of aliphatic hydroxyl groups is 1. The molecule has 0 saturated heterocycles. The van der Waals surface area contributed by atoms with Gasteiger partial charge in [0.1, 0.15) is 0 Å². The van der Waals surface area contributed by atoms with Gasteiger partial charge in [0.05, 0.1) is 18.4 Å². The fraction of sp³-hybridized carbons (Fsp3) is 0.850. The zero-order valence-corrected chi connectivity index (χ0v) is 18.5. The fourth-order valence-corrected chi connectivity index (χ4v) is 2.63. The van der Waals surface area contributed by atoms with Gasteiger partial charge in [-0.05, 0) is 13.3 Å². The highest BCUT2D eigenvalue weighted by atomic mass is 31.2. The summed E-state index contributed by atoms with van der Waals surface area (Å²) < 4.78 is 13.9. The molecule has 0 heterocycles. The molecule has 0 aliphatic heterocycles. The van der Waals surface area contributed by atoms with Crippen LogP contribution in [0.4, 0.5) is 0 Å². The van der Waals surface area contributed by atoms with Crippen LogP contribution in [0.1, 0.15) is 104 Å². The SMILES string of the molecule is CCCCCCCCCCCCCCCCOC(=O)C(C)=CO.O=P(O)(O)O. The van der Waals surface area contributed by atoms with Gasteiger partial charge in [-0.2, -0.15) is 0 Å². The lowest BCUT2D eigenvalue weighted by atomic mass is 10.0. The Morgan fingerprint density at radius 1 is 0.786 bits per heavy atom. The highest BCUT2D eigenvalue weighted by molar-refractivity contribution is 7.45. The van der Waals surface area contributed by atoms with E-state index >= 15 is 0 Å². The maximum Gasteiger partial charge on any atom is 0.466 e. The van der Waals surface area contributed by atoms with Gasteiger partial charge in [-0.3, -0.25) is 0 Å². The largest absolute Gasteiger partial charge is 0.515 e. The van der Waals surface area contributed by atoms with Gasteiger partial charge in [-0.1, -0.05) is 90.4 Å². The molecule has 0 radical (unpaired) electrons. The predicted molar refractivity (Wildman–Crippen MR) is 112 cm³/mol. The zero-order chi connectivity index (χ0) is 21.7. The van der Waals surface area contributed by atoms with Crippen molar-refractivity contribution in [2.45, 2.75) is 104 Å². The first-order valence-electron chi connectivity index (χ1n) is 10.5. The Hall–Kier alpha value is -0.880. The van der Waals surface area contributed by atoms with E-state index in [2.05, 4.69) is 6.92 Å². The molecular weight excluding hydrogens is 383 g/mol. The van der Waals surface area contributed by atoms with Gasteiger partial charge in [-0.25, -0.2) is 9.36 Å². The van der Waals surface area contributed by atoms with E-state index < -0.39 is 13.8 Å². The van der Waals surface area contributed by atoms with Crippen LogP contribution in [0.2, 0.25) is 0 Å².